The van der Waals surface area contributed by atoms with Gasteiger partial charge in [0, 0.05) is 30.4 Å². The van der Waals surface area contributed by atoms with Crippen LogP contribution >= 0.6 is 0 Å². The van der Waals surface area contributed by atoms with E-state index in [1.165, 1.54) is 6.08 Å². The summed E-state index contributed by atoms with van der Waals surface area (Å²) in [6.07, 6.45) is 1.52. The summed E-state index contributed by atoms with van der Waals surface area (Å²) < 4.78 is 11.1. The van der Waals surface area contributed by atoms with Crippen molar-refractivity contribution in [1.82, 2.24) is 5.32 Å². The van der Waals surface area contributed by atoms with Crippen molar-refractivity contribution in [3.63, 3.8) is 0 Å². The van der Waals surface area contributed by atoms with Crippen molar-refractivity contribution in [2.75, 3.05) is 19.8 Å². The first-order valence-electron chi connectivity index (χ1n) is 8.17. The summed E-state index contributed by atoms with van der Waals surface area (Å²) in [5.74, 6) is 0.453. The molecule has 1 heterocycles. The molecule has 1 aliphatic rings. The number of nitrogens with one attached hydrogen (secondary N) is 1. The highest BCUT2D eigenvalue weighted by Crippen LogP contribution is 2.29. The third-order valence-corrected chi connectivity index (χ3v) is 3.91. The molecule has 0 aromatic heterocycles. The zero-order valence-corrected chi connectivity index (χ0v) is 13.7. The van der Waals surface area contributed by atoms with Gasteiger partial charge in [0.15, 0.2) is 11.7 Å². The molecule has 0 saturated carbocycles. The molecule has 24 heavy (non-hydrogen) atoms. The summed E-state index contributed by atoms with van der Waals surface area (Å²) in [4.78, 5) is 12.6. The fourth-order valence-electron chi connectivity index (χ4n) is 2.74. The number of fused-ring (bicyclic) bond motifs is 1. The summed E-state index contributed by atoms with van der Waals surface area (Å²) in [6.45, 7) is 4.17. The van der Waals surface area contributed by atoms with Gasteiger partial charge >= 0.3 is 0 Å². The van der Waals surface area contributed by atoms with Crippen LogP contribution in [0, 0.1) is 0 Å². The zero-order chi connectivity index (χ0) is 16.8. The first-order valence-corrected chi connectivity index (χ1v) is 8.17. The number of rotatable bonds is 6. The second kappa shape index (κ2) is 7.79. The molecule has 0 spiro atoms. The van der Waals surface area contributed by atoms with Crippen molar-refractivity contribution >= 4 is 5.78 Å². The van der Waals surface area contributed by atoms with Gasteiger partial charge in [-0.2, -0.15) is 0 Å². The Kier molecular flexibility index (Phi) is 5.29. The van der Waals surface area contributed by atoms with Gasteiger partial charge in [-0.15, -0.1) is 0 Å². The molecule has 2 aromatic carbocycles. The topological polar surface area (TPSA) is 47.6 Å². The monoisotopic (exact) mass is 323 g/mol. The molecular formula is C20H21NO3. The maximum atomic E-state index is 12.6. The maximum absolute atomic E-state index is 12.6. The van der Waals surface area contributed by atoms with E-state index < -0.39 is 0 Å². The van der Waals surface area contributed by atoms with Gasteiger partial charge in [-0.3, -0.25) is 4.79 Å². The SMILES string of the molecule is CCOCCNC1=CC(=O)c2cccc(-c3ccccc3)c2CO1. The van der Waals surface area contributed by atoms with Gasteiger partial charge in [-0.25, -0.2) is 0 Å². The lowest BCUT2D eigenvalue weighted by Gasteiger charge is -2.14. The number of hydrogen-bond acceptors (Lipinski definition) is 4. The van der Waals surface area contributed by atoms with Gasteiger partial charge in [0.1, 0.15) is 6.61 Å². The van der Waals surface area contributed by atoms with Crippen LogP contribution in [0.2, 0.25) is 0 Å². The Labute approximate surface area is 142 Å². The number of carbonyl (C=O) groups excluding carboxylic acids is 1. The van der Waals surface area contributed by atoms with Crippen molar-refractivity contribution in [2.45, 2.75) is 13.5 Å². The van der Waals surface area contributed by atoms with Gasteiger partial charge in [-0.1, -0.05) is 48.5 Å². The number of hydrogen-bond donors (Lipinski definition) is 1. The molecule has 0 atom stereocenters. The van der Waals surface area contributed by atoms with Crippen LogP contribution in [-0.2, 0) is 16.1 Å². The predicted octanol–water partition coefficient (Wildman–Crippen LogP) is 3.53. The average molecular weight is 323 g/mol. The van der Waals surface area contributed by atoms with Crippen molar-refractivity contribution in [1.29, 1.82) is 0 Å². The van der Waals surface area contributed by atoms with Crippen molar-refractivity contribution < 1.29 is 14.3 Å². The molecule has 0 bridgehead atoms. The van der Waals surface area contributed by atoms with E-state index in [4.69, 9.17) is 9.47 Å². The fraction of sp³-hybridized carbons (Fsp3) is 0.250. The number of carbonyl (C=O) groups is 1. The smallest absolute Gasteiger partial charge is 0.191 e. The third kappa shape index (κ3) is 3.66. The number of ketones is 1. The molecule has 0 unspecified atom stereocenters. The van der Waals surface area contributed by atoms with Crippen LogP contribution in [-0.4, -0.2) is 25.5 Å². The summed E-state index contributed by atoms with van der Waals surface area (Å²) in [5.41, 5.74) is 3.73. The van der Waals surface area contributed by atoms with E-state index in [9.17, 15) is 4.79 Å². The Balaban J connectivity index is 1.82. The summed E-state index contributed by atoms with van der Waals surface area (Å²) in [6, 6.07) is 15.8. The quantitative estimate of drug-likeness (QED) is 0.826. The van der Waals surface area contributed by atoms with Crippen molar-refractivity contribution in [3.8, 4) is 11.1 Å². The maximum Gasteiger partial charge on any atom is 0.191 e. The Bertz CT molecular complexity index is 738. The summed E-state index contributed by atoms with van der Waals surface area (Å²) in [5, 5.41) is 3.11. The lowest BCUT2D eigenvalue weighted by Crippen LogP contribution is -2.21. The van der Waals surface area contributed by atoms with Crippen molar-refractivity contribution in [2.24, 2.45) is 0 Å². The molecule has 124 valence electrons. The summed E-state index contributed by atoms with van der Waals surface area (Å²) >= 11 is 0. The van der Waals surface area contributed by atoms with Gasteiger partial charge in [0.25, 0.3) is 0 Å². The van der Waals surface area contributed by atoms with E-state index in [1.54, 1.807) is 0 Å². The fourth-order valence-corrected chi connectivity index (χ4v) is 2.74. The van der Waals surface area contributed by atoms with Crippen LogP contribution in [0.15, 0.2) is 60.5 Å². The van der Waals surface area contributed by atoms with Crippen LogP contribution in [0.3, 0.4) is 0 Å². The summed E-state index contributed by atoms with van der Waals surface area (Å²) in [7, 11) is 0. The average Bonchev–Trinajstić information content (AvgIpc) is 2.78. The first kappa shape index (κ1) is 16.3. The molecule has 3 rings (SSSR count). The third-order valence-electron chi connectivity index (χ3n) is 3.91. The van der Waals surface area contributed by atoms with Gasteiger partial charge < -0.3 is 14.8 Å². The predicted molar refractivity (Wildman–Crippen MR) is 93.6 cm³/mol. The standard InChI is InChI=1S/C20H21NO3/c1-2-23-12-11-21-20-13-19(22)17-10-6-9-16(18(17)14-24-20)15-7-4-3-5-8-15/h3-10,13,21H,2,11-12,14H2,1H3. The molecule has 1 N–H and O–H groups in total. The highest BCUT2D eigenvalue weighted by Gasteiger charge is 2.19. The second-order valence-electron chi connectivity index (χ2n) is 5.48. The van der Waals surface area contributed by atoms with Crippen LogP contribution in [0.25, 0.3) is 11.1 Å². The first-order chi connectivity index (χ1) is 11.8. The normalized spacial score (nSPS) is 13.5. The molecule has 0 radical (unpaired) electrons. The van der Waals surface area contributed by atoms with E-state index in [1.807, 2.05) is 55.5 Å². The van der Waals surface area contributed by atoms with Gasteiger partial charge in [0.2, 0.25) is 0 Å². The van der Waals surface area contributed by atoms with E-state index in [0.717, 1.165) is 16.7 Å². The van der Waals surface area contributed by atoms with Crippen LogP contribution < -0.4 is 5.32 Å². The van der Waals surface area contributed by atoms with Crippen LogP contribution in [0.1, 0.15) is 22.8 Å². The van der Waals surface area contributed by atoms with Gasteiger partial charge in [0.05, 0.1) is 6.61 Å². The number of ether oxygens (including phenoxy) is 2. The zero-order valence-electron chi connectivity index (χ0n) is 13.7. The van der Waals surface area contributed by atoms with E-state index in [-0.39, 0.29) is 5.78 Å². The molecule has 0 saturated heterocycles. The highest BCUT2D eigenvalue weighted by atomic mass is 16.5. The molecule has 2 aromatic rings. The minimum Gasteiger partial charge on any atom is -0.474 e. The molecule has 4 heteroatoms. The number of benzene rings is 2. The molecule has 4 nitrogen and oxygen atoms in total. The highest BCUT2D eigenvalue weighted by molar-refractivity contribution is 6.07. The van der Waals surface area contributed by atoms with E-state index >= 15 is 0 Å². The van der Waals surface area contributed by atoms with Crippen LogP contribution in [0.5, 0.6) is 0 Å². The van der Waals surface area contributed by atoms with Gasteiger partial charge in [-0.05, 0) is 18.1 Å². The van der Waals surface area contributed by atoms with Crippen molar-refractivity contribution in [3.05, 3.63) is 71.6 Å². The Morgan fingerprint density at radius 3 is 2.67 bits per heavy atom. The van der Waals surface area contributed by atoms with Crippen LogP contribution in [0.4, 0.5) is 0 Å². The molecular weight excluding hydrogens is 302 g/mol. The minimum atomic E-state index is -0.0424. The Morgan fingerprint density at radius 2 is 1.88 bits per heavy atom. The molecule has 0 aliphatic carbocycles. The number of allylic oxidation sites excluding steroid dienone is 1. The molecule has 1 aliphatic heterocycles. The van der Waals surface area contributed by atoms with E-state index in [0.29, 0.717) is 37.8 Å². The second-order valence-corrected chi connectivity index (χ2v) is 5.48. The lowest BCUT2D eigenvalue weighted by atomic mass is 9.94. The lowest BCUT2D eigenvalue weighted by molar-refractivity contribution is 0.104. The largest absolute Gasteiger partial charge is 0.474 e. The Morgan fingerprint density at radius 1 is 1.08 bits per heavy atom. The molecule has 0 amide bonds. The molecule has 0 fully saturated rings. The Hall–Kier alpha value is -2.59. The minimum absolute atomic E-state index is 0.0424. The van der Waals surface area contributed by atoms with E-state index in [2.05, 4.69) is 5.32 Å².